The lowest BCUT2D eigenvalue weighted by Gasteiger charge is -2.04. The second-order valence-corrected chi connectivity index (χ2v) is 5.11. The van der Waals surface area contributed by atoms with E-state index in [1.165, 1.54) is 0 Å². The molecule has 0 spiro atoms. The lowest BCUT2D eigenvalue weighted by molar-refractivity contribution is 0.0954. The Labute approximate surface area is 137 Å². The van der Waals surface area contributed by atoms with Crippen molar-refractivity contribution in [2.45, 2.75) is 6.42 Å². The number of carbonyl (C=O) groups is 1. The predicted octanol–water partition coefficient (Wildman–Crippen LogP) is 2.76. The van der Waals surface area contributed by atoms with Crippen molar-refractivity contribution in [2.24, 2.45) is 0 Å². The number of carbonyl (C=O) groups excluding carboxylic acids is 1. The van der Waals surface area contributed by atoms with Crippen molar-refractivity contribution in [2.75, 3.05) is 6.54 Å². The van der Waals surface area contributed by atoms with Gasteiger partial charge in [0.25, 0.3) is 11.8 Å². The maximum absolute atomic E-state index is 12.0. The SMILES string of the molecule is O=C(NCCc1nnc(-c2ccccn2)o1)c1ccccc1Cl. The molecule has 2 heterocycles. The minimum atomic E-state index is -0.236. The average molecular weight is 329 g/mol. The summed E-state index contributed by atoms with van der Waals surface area (Å²) in [5.41, 5.74) is 1.06. The summed E-state index contributed by atoms with van der Waals surface area (Å²) in [7, 11) is 0. The summed E-state index contributed by atoms with van der Waals surface area (Å²) in [4.78, 5) is 16.1. The van der Waals surface area contributed by atoms with Gasteiger partial charge in [0.2, 0.25) is 5.89 Å². The number of halogens is 1. The molecule has 0 saturated carbocycles. The van der Waals surface area contributed by atoms with Gasteiger partial charge in [-0.15, -0.1) is 10.2 Å². The summed E-state index contributed by atoms with van der Waals surface area (Å²) in [6, 6.07) is 12.3. The largest absolute Gasteiger partial charge is 0.419 e. The monoisotopic (exact) mass is 328 g/mol. The normalized spacial score (nSPS) is 10.5. The van der Waals surface area contributed by atoms with Crippen LogP contribution in [0.1, 0.15) is 16.2 Å². The van der Waals surface area contributed by atoms with Crippen LogP contribution in [0.2, 0.25) is 5.02 Å². The van der Waals surface area contributed by atoms with Gasteiger partial charge in [-0.2, -0.15) is 0 Å². The zero-order valence-electron chi connectivity index (χ0n) is 12.1. The summed E-state index contributed by atoms with van der Waals surface area (Å²) in [6.45, 7) is 0.369. The zero-order chi connectivity index (χ0) is 16.1. The van der Waals surface area contributed by atoms with Gasteiger partial charge >= 0.3 is 0 Å². The lowest BCUT2D eigenvalue weighted by Crippen LogP contribution is -2.26. The summed E-state index contributed by atoms with van der Waals surface area (Å²) in [5, 5.41) is 11.1. The van der Waals surface area contributed by atoms with Gasteiger partial charge < -0.3 is 9.73 Å². The molecule has 0 aliphatic heterocycles. The highest BCUT2D eigenvalue weighted by atomic mass is 35.5. The van der Waals surface area contributed by atoms with Gasteiger partial charge in [0.15, 0.2) is 0 Å². The molecule has 1 aromatic carbocycles. The van der Waals surface area contributed by atoms with Crippen LogP contribution in [0.15, 0.2) is 53.1 Å². The molecule has 0 saturated heterocycles. The molecule has 1 N–H and O–H groups in total. The second kappa shape index (κ2) is 7.02. The van der Waals surface area contributed by atoms with Crippen LogP contribution in [0.25, 0.3) is 11.6 Å². The Morgan fingerprint density at radius 1 is 1.13 bits per heavy atom. The van der Waals surface area contributed by atoms with Crippen LogP contribution in [0, 0.1) is 0 Å². The van der Waals surface area contributed by atoms with Crippen LogP contribution < -0.4 is 5.32 Å². The minimum Gasteiger partial charge on any atom is -0.419 e. The first-order valence-corrected chi connectivity index (χ1v) is 7.38. The molecular weight excluding hydrogens is 316 g/mol. The van der Waals surface area contributed by atoms with E-state index in [-0.39, 0.29) is 5.91 Å². The van der Waals surface area contributed by atoms with Crippen LogP contribution in [-0.4, -0.2) is 27.6 Å². The molecule has 2 aromatic heterocycles. The number of hydrogen-bond acceptors (Lipinski definition) is 5. The number of nitrogens with zero attached hydrogens (tertiary/aromatic N) is 3. The molecule has 3 rings (SSSR count). The molecule has 0 radical (unpaired) electrons. The highest BCUT2D eigenvalue weighted by Gasteiger charge is 2.11. The van der Waals surface area contributed by atoms with Crippen LogP contribution in [0.4, 0.5) is 0 Å². The van der Waals surface area contributed by atoms with Crippen LogP contribution in [0.3, 0.4) is 0 Å². The van der Waals surface area contributed by atoms with Gasteiger partial charge in [0.1, 0.15) is 5.69 Å². The molecule has 23 heavy (non-hydrogen) atoms. The highest BCUT2D eigenvalue weighted by Crippen LogP contribution is 2.15. The third-order valence-corrected chi connectivity index (χ3v) is 3.42. The molecule has 116 valence electrons. The van der Waals surface area contributed by atoms with E-state index in [0.29, 0.717) is 41.0 Å². The molecule has 3 aromatic rings. The quantitative estimate of drug-likeness (QED) is 0.779. The molecule has 7 heteroatoms. The van der Waals surface area contributed by atoms with E-state index < -0.39 is 0 Å². The molecule has 0 aliphatic rings. The maximum atomic E-state index is 12.0. The number of hydrogen-bond donors (Lipinski definition) is 1. The molecular formula is C16H13ClN4O2. The Bertz CT molecular complexity index is 805. The van der Waals surface area contributed by atoms with E-state index in [0.717, 1.165) is 0 Å². The Balaban J connectivity index is 1.56. The Morgan fingerprint density at radius 2 is 1.96 bits per heavy atom. The third-order valence-electron chi connectivity index (χ3n) is 3.09. The number of benzene rings is 1. The van der Waals surface area contributed by atoms with E-state index in [1.54, 1.807) is 36.5 Å². The van der Waals surface area contributed by atoms with Gasteiger partial charge in [0.05, 0.1) is 10.6 Å². The summed E-state index contributed by atoms with van der Waals surface area (Å²) in [6.07, 6.45) is 2.08. The molecule has 0 bridgehead atoms. The van der Waals surface area contributed by atoms with Crippen molar-refractivity contribution < 1.29 is 9.21 Å². The van der Waals surface area contributed by atoms with E-state index in [9.17, 15) is 4.79 Å². The first-order valence-electron chi connectivity index (χ1n) is 7.00. The van der Waals surface area contributed by atoms with E-state index in [4.69, 9.17) is 16.0 Å². The van der Waals surface area contributed by atoms with Crippen LogP contribution >= 0.6 is 11.6 Å². The standard InChI is InChI=1S/C16H13ClN4O2/c17-12-6-2-1-5-11(12)15(22)19-10-8-14-20-21-16(23-14)13-7-3-4-9-18-13/h1-7,9H,8,10H2,(H,19,22). The number of nitrogens with one attached hydrogen (secondary N) is 1. The van der Waals surface area contributed by atoms with Crippen molar-refractivity contribution in [3.05, 3.63) is 65.1 Å². The van der Waals surface area contributed by atoms with Crippen molar-refractivity contribution in [3.63, 3.8) is 0 Å². The lowest BCUT2D eigenvalue weighted by atomic mass is 10.2. The fraction of sp³-hybridized carbons (Fsp3) is 0.125. The Morgan fingerprint density at radius 3 is 2.74 bits per heavy atom. The van der Waals surface area contributed by atoms with Crippen molar-refractivity contribution in [1.29, 1.82) is 0 Å². The van der Waals surface area contributed by atoms with Crippen molar-refractivity contribution in [1.82, 2.24) is 20.5 Å². The molecule has 1 amide bonds. The zero-order valence-corrected chi connectivity index (χ0v) is 12.8. The highest BCUT2D eigenvalue weighted by molar-refractivity contribution is 6.33. The van der Waals surface area contributed by atoms with Crippen molar-refractivity contribution >= 4 is 17.5 Å². The second-order valence-electron chi connectivity index (χ2n) is 4.70. The number of rotatable bonds is 5. The van der Waals surface area contributed by atoms with Crippen molar-refractivity contribution in [3.8, 4) is 11.6 Å². The average Bonchev–Trinajstić information content (AvgIpc) is 3.05. The predicted molar refractivity (Wildman–Crippen MR) is 85.0 cm³/mol. The topological polar surface area (TPSA) is 80.9 Å². The fourth-order valence-corrected chi connectivity index (χ4v) is 2.19. The fourth-order valence-electron chi connectivity index (χ4n) is 1.97. The van der Waals surface area contributed by atoms with Gasteiger partial charge in [-0.1, -0.05) is 29.8 Å². The van der Waals surface area contributed by atoms with Crippen LogP contribution in [0.5, 0.6) is 0 Å². The van der Waals surface area contributed by atoms with Crippen LogP contribution in [-0.2, 0) is 6.42 Å². The summed E-state index contributed by atoms with van der Waals surface area (Å²) < 4.78 is 5.52. The van der Waals surface area contributed by atoms with Gasteiger partial charge in [-0.25, -0.2) is 0 Å². The Kier molecular flexibility index (Phi) is 4.63. The van der Waals surface area contributed by atoms with Gasteiger partial charge in [-0.3, -0.25) is 9.78 Å². The maximum Gasteiger partial charge on any atom is 0.266 e. The molecule has 0 aliphatic carbocycles. The van der Waals surface area contributed by atoms with E-state index >= 15 is 0 Å². The molecule has 0 atom stereocenters. The first kappa shape index (κ1) is 15.2. The molecule has 0 fully saturated rings. The first-order chi connectivity index (χ1) is 11.2. The molecule has 0 unspecified atom stereocenters. The van der Waals surface area contributed by atoms with Gasteiger partial charge in [-0.05, 0) is 24.3 Å². The van der Waals surface area contributed by atoms with E-state index in [2.05, 4.69) is 20.5 Å². The molecule has 6 nitrogen and oxygen atoms in total. The number of aromatic nitrogens is 3. The minimum absolute atomic E-state index is 0.236. The smallest absolute Gasteiger partial charge is 0.266 e. The summed E-state index contributed by atoms with van der Waals surface area (Å²) >= 11 is 5.98. The van der Waals surface area contributed by atoms with E-state index in [1.807, 2.05) is 12.1 Å². The third kappa shape index (κ3) is 3.73. The number of amides is 1. The Hall–Kier alpha value is -2.73. The number of pyridine rings is 1. The van der Waals surface area contributed by atoms with Gasteiger partial charge in [0, 0.05) is 19.2 Å². The summed E-state index contributed by atoms with van der Waals surface area (Å²) in [5.74, 6) is 0.559.